The smallest absolute Gasteiger partial charge is 0.137 e. The first-order valence-corrected chi connectivity index (χ1v) is 7.38. The molecule has 2 aromatic rings. The Morgan fingerprint density at radius 3 is 2.85 bits per heavy atom. The van der Waals surface area contributed by atoms with Crippen LogP contribution in [0.4, 0.5) is 0 Å². The molecule has 1 aliphatic rings. The molecular weight excluding hydrogens is 295 g/mol. The molecular formula is C16H14Cl2O2. The standard InChI is InChI=1S/C16H14Cl2O2/c17-8-11-5-6-16(14(18)7-11)20-10-12-9-19-15-4-2-1-3-13(12)15/h1-7,12H,8-10H2. The molecule has 3 rings (SSSR count). The number of alkyl halides is 1. The van der Waals surface area contributed by atoms with Crippen molar-refractivity contribution in [2.45, 2.75) is 11.8 Å². The van der Waals surface area contributed by atoms with Gasteiger partial charge < -0.3 is 9.47 Å². The zero-order valence-electron chi connectivity index (χ0n) is 10.8. The second-order valence-electron chi connectivity index (χ2n) is 4.76. The van der Waals surface area contributed by atoms with Gasteiger partial charge in [0.2, 0.25) is 0 Å². The van der Waals surface area contributed by atoms with Gasteiger partial charge >= 0.3 is 0 Å². The van der Waals surface area contributed by atoms with Gasteiger partial charge in [-0.1, -0.05) is 35.9 Å². The summed E-state index contributed by atoms with van der Waals surface area (Å²) in [7, 11) is 0. The van der Waals surface area contributed by atoms with Crippen LogP contribution in [0.1, 0.15) is 17.0 Å². The molecule has 104 valence electrons. The van der Waals surface area contributed by atoms with Crippen LogP contribution in [0, 0.1) is 0 Å². The van der Waals surface area contributed by atoms with Crippen molar-refractivity contribution in [2.75, 3.05) is 13.2 Å². The van der Waals surface area contributed by atoms with Gasteiger partial charge in [-0.15, -0.1) is 11.6 Å². The van der Waals surface area contributed by atoms with E-state index in [0.717, 1.165) is 11.3 Å². The molecule has 4 heteroatoms. The lowest BCUT2D eigenvalue weighted by molar-refractivity contribution is 0.248. The fourth-order valence-corrected chi connectivity index (χ4v) is 2.73. The maximum Gasteiger partial charge on any atom is 0.137 e. The van der Waals surface area contributed by atoms with Crippen LogP contribution in [0.3, 0.4) is 0 Å². The molecule has 0 spiro atoms. The summed E-state index contributed by atoms with van der Waals surface area (Å²) >= 11 is 12.0. The number of ether oxygens (including phenoxy) is 2. The molecule has 1 atom stereocenters. The molecule has 0 aliphatic carbocycles. The van der Waals surface area contributed by atoms with Gasteiger partial charge in [-0.25, -0.2) is 0 Å². The Morgan fingerprint density at radius 1 is 1.20 bits per heavy atom. The fourth-order valence-electron chi connectivity index (χ4n) is 2.30. The minimum atomic E-state index is 0.245. The van der Waals surface area contributed by atoms with E-state index in [9.17, 15) is 0 Å². The molecule has 0 saturated heterocycles. The lowest BCUT2D eigenvalue weighted by atomic mass is 10.0. The predicted octanol–water partition coefficient (Wildman–Crippen LogP) is 4.63. The molecule has 0 saturated carbocycles. The van der Waals surface area contributed by atoms with Crippen molar-refractivity contribution in [3.8, 4) is 11.5 Å². The van der Waals surface area contributed by atoms with Crippen LogP contribution < -0.4 is 9.47 Å². The van der Waals surface area contributed by atoms with Gasteiger partial charge in [0.15, 0.2) is 0 Å². The van der Waals surface area contributed by atoms with Gasteiger partial charge in [0.25, 0.3) is 0 Å². The van der Waals surface area contributed by atoms with E-state index < -0.39 is 0 Å². The SMILES string of the molecule is ClCc1ccc(OCC2COc3ccccc32)c(Cl)c1. The number of fused-ring (bicyclic) bond motifs is 1. The van der Waals surface area contributed by atoms with Crippen molar-refractivity contribution in [3.05, 3.63) is 58.6 Å². The van der Waals surface area contributed by atoms with Crippen LogP contribution >= 0.6 is 23.2 Å². The minimum absolute atomic E-state index is 0.245. The summed E-state index contributed by atoms with van der Waals surface area (Å²) in [5.74, 6) is 2.33. The molecule has 0 bridgehead atoms. The summed E-state index contributed by atoms with van der Waals surface area (Å²) in [4.78, 5) is 0. The van der Waals surface area contributed by atoms with E-state index in [1.807, 2.05) is 36.4 Å². The fraction of sp³-hybridized carbons (Fsp3) is 0.250. The maximum absolute atomic E-state index is 6.18. The second kappa shape index (κ2) is 5.94. The zero-order valence-corrected chi connectivity index (χ0v) is 12.3. The molecule has 1 heterocycles. The Labute approximate surface area is 128 Å². The molecule has 1 aliphatic heterocycles. The van der Waals surface area contributed by atoms with Crippen molar-refractivity contribution < 1.29 is 9.47 Å². The predicted molar refractivity (Wildman–Crippen MR) is 81.2 cm³/mol. The lowest BCUT2D eigenvalue weighted by Crippen LogP contribution is -2.11. The largest absolute Gasteiger partial charge is 0.493 e. The van der Waals surface area contributed by atoms with Gasteiger partial charge in [-0.05, 0) is 23.8 Å². The van der Waals surface area contributed by atoms with Gasteiger partial charge in [0.05, 0.1) is 24.2 Å². The highest BCUT2D eigenvalue weighted by atomic mass is 35.5. The van der Waals surface area contributed by atoms with E-state index in [-0.39, 0.29) is 5.92 Å². The molecule has 0 aromatic heterocycles. The van der Waals surface area contributed by atoms with Crippen molar-refractivity contribution >= 4 is 23.2 Å². The van der Waals surface area contributed by atoms with E-state index in [4.69, 9.17) is 32.7 Å². The molecule has 0 radical (unpaired) electrons. The third-order valence-electron chi connectivity index (χ3n) is 3.39. The summed E-state index contributed by atoms with van der Waals surface area (Å²) in [6.45, 7) is 1.20. The zero-order chi connectivity index (χ0) is 13.9. The van der Waals surface area contributed by atoms with E-state index in [2.05, 4.69) is 6.07 Å². The quantitative estimate of drug-likeness (QED) is 0.766. The molecule has 20 heavy (non-hydrogen) atoms. The highest BCUT2D eigenvalue weighted by Gasteiger charge is 2.24. The van der Waals surface area contributed by atoms with Gasteiger partial charge in [0, 0.05) is 11.4 Å². The van der Waals surface area contributed by atoms with Crippen LogP contribution in [0.15, 0.2) is 42.5 Å². The number of hydrogen-bond acceptors (Lipinski definition) is 2. The topological polar surface area (TPSA) is 18.5 Å². The van der Waals surface area contributed by atoms with Crippen molar-refractivity contribution in [3.63, 3.8) is 0 Å². The van der Waals surface area contributed by atoms with Crippen molar-refractivity contribution in [2.24, 2.45) is 0 Å². The third kappa shape index (κ3) is 2.72. The Balaban J connectivity index is 1.69. The van der Waals surface area contributed by atoms with Gasteiger partial charge in [-0.3, -0.25) is 0 Å². The summed E-state index contributed by atoms with van der Waals surface area (Å²) in [5.41, 5.74) is 2.18. The van der Waals surface area contributed by atoms with Crippen LogP contribution in [0.2, 0.25) is 5.02 Å². The molecule has 2 aromatic carbocycles. The van der Waals surface area contributed by atoms with Gasteiger partial charge in [-0.2, -0.15) is 0 Å². The first kappa shape index (κ1) is 13.6. The van der Waals surface area contributed by atoms with Crippen LogP contribution in [-0.2, 0) is 5.88 Å². The normalized spacial score (nSPS) is 16.6. The Kier molecular flexibility index (Phi) is 4.04. The summed E-state index contributed by atoms with van der Waals surface area (Å²) in [6.07, 6.45) is 0. The molecule has 2 nitrogen and oxygen atoms in total. The summed E-state index contributed by atoms with van der Waals surface area (Å²) < 4.78 is 11.5. The Hall–Kier alpha value is -1.38. The lowest BCUT2D eigenvalue weighted by Gasteiger charge is -2.12. The number of hydrogen-bond donors (Lipinski definition) is 0. The van der Waals surface area contributed by atoms with E-state index in [0.29, 0.717) is 29.9 Å². The van der Waals surface area contributed by atoms with Crippen LogP contribution in [0.25, 0.3) is 0 Å². The Bertz CT molecular complexity index is 613. The van der Waals surface area contributed by atoms with E-state index >= 15 is 0 Å². The first-order chi connectivity index (χ1) is 9.78. The minimum Gasteiger partial charge on any atom is -0.493 e. The molecule has 0 fully saturated rings. The molecule has 0 N–H and O–H groups in total. The Morgan fingerprint density at radius 2 is 2.05 bits per heavy atom. The first-order valence-electron chi connectivity index (χ1n) is 6.47. The monoisotopic (exact) mass is 308 g/mol. The summed E-state index contributed by atoms with van der Waals surface area (Å²) in [6, 6.07) is 13.7. The van der Waals surface area contributed by atoms with E-state index in [1.165, 1.54) is 5.56 Å². The van der Waals surface area contributed by atoms with Crippen molar-refractivity contribution in [1.29, 1.82) is 0 Å². The van der Waals surface area contributed by atoms with Crippen LogP contribution in [0.5, 0.6) is 11.5 Å². The van der Waals surface area contributed by atoms with Crippen molar-refractivity contribution in [1.82, 2.24) is 0 Å². The molecule has 1 unspecified atom stereocenters. The average molecular weight is 309 g/mol. The number of benzene rings is 2. The average Bonchev–Trinajstić information content (AvgIpc) is 2.89. The maximum atomic E-state index is 6.18. The second-order valence-corrected chi connectivity index (χ2v) is 5.43. The summed E-state index contributed by atoms with van der Waals surface area (Å²) in [5, 5.41) is 0.593. The highest BCUT2D eigenvalue weighted by molar-refractivity contribution is 6.32. The number of rotatable bonds is 4. The number of halogens is 2. The number of para-hydroxylation sites is 1. The van der Waals surface area contributed by atoms with Crippen LogP contribution in [-0.4, -0.2) is 13.2 Å². The van der Waals surface area contributed by atoms with E-state index in [1.54, 1.807) is 0 Å². The molecule has 0 amide bonds. The third-order valence-corrected chi connectivity index (χ3v) is 3.99. The van der Waals surface area contributed by atoms with Gasteiger partial charge in [0.1, 0.15) is 11.5 Å². The highest BCUT2D eigenvalue weighted by Crippen LogP contribution is 2.34.